The molecule has 2 aromatic rings. The highest BCUT2D eigenvalue weighted by Crippen LogP contribution is 2.35. The van der Waals surface area contributed by atoms with Crippen LogP contribution in [0.2, 0.25) is 10.0 Å². The van der Waals surface area contributed by atoms with Gasteiger partial charge in [0.05, 0.1) is 15.7 Å². The van der Waals surface area contributed by atoms with Gasteiger partial charge in [-0.05, 0) is 35.0 Å². The first-order valence-corrected chi connectivity index (χ1v) is 6.57. The zero-order valence-electron chi connectivity index (χ0n) is 9.38. The topological polar surface area (TPSA) is 48.1 Å². The Morgan fingerprint density at radius 2 is 1.89 bits per heavy atom. The Balaban J connectivity index is 2.37. The number of anilines is 1. The summed E-state index contributed by atoms with van der Waals surface area (Å²) < 4.78 is 6.51. The number of nitrogens with two attached hydrogens (primary N) is 1. The van der Waals surface area contributed by atoms with E-state index in [2.05, 4.69) is 20.9 Å². The van der Waals surface area contributed by atoms with E-state index in [1.54, 1.807) is 18.3 Å². The first kappa shape index (κ1) is 13.5. The number of ether oxygens (including phenoxy) is 1. The molecule has 0 saturated carbocycles. The Kier molecular flexibility index (Phi) is 4.00. The van der Waals surface area contributed by atoms with Gasteiger partial charge in [0.15, 0.2) is 5.75 Å². The van der Waals surface area contributed by atoms with Crippen LogP contribution < -0.4 is 10.5 Å². The summed E-state index contributed by atoms with van der Waals surface area (Å²) >= 11 is 15.1. The Hall–Kier alpha value is -0.970. The van der Waals surface area contributed by atoms with Crippen LogP contribution in [0.25, 0.3) is 0 Å². The second kappa shape index (κ2) is 5.34. The van der Waals surface area contributed by atoms with Gasteiger partial charge in [0.2, 0.25) is 5.88 Å². The van der Waals surface area contributed by atoms with Crippen molar-refractivity contribution in [2.45, 2.75) is 6.92 Å². The molecule has 3 nitrogen and oxygen atoms in total. The van der Waals surface area contributed by atoms with Crippen LogP contribution in [-0.2, 0) is 0 Å². The minimum Gasteiger partial charge on any atom is -0.437 e. The lowest BCUT2D eigenvalue weighted by atomic mass is 10.3. The number of rotatable bonds is 2. The van der Waals surface area contributed by atoms with Crippen molar-refractivity contribution in [1.82, 2.24) is 4.98 Å². The number of nitrogen functional groups attached to an aromatic ring is 1. The van der Waals surface area contributed by atoms with Gasteiger partial charge in [-0.3, -0.25) is 0 Å². The minimum atomic E-state index is 0.385. The Morgan fingerprint density at radius 3 is 2.56 bits per heavy atom. The van der Waals surface area contributed by atoms with Crippen LogP contribution in [0.3, 0.4) is 0 Å². The van der Waals surface area contributed by atoms with E-state index in [0.717, 1.165) is 10.0 Å². The number of aryl methyl sites for hydroxylation is 1. The summed E-state index contributed by atoms with van der Waals surface area (Å²) in [7, 11) is 0. The first-order chi connectivity index (χ1) is 8.47. The molecule has 1 aromatic carbocycles. The second-order valence-corrected chi connectivity index (χ2v) is 5.41. The maximum Gasteiger partial charge on any atom is 0.222 e. The quantitative estimate of drug-likeness (QED) is 0.791. The molecule has 0 atom stereocenters. The molecule has 0 aliphatic heterocycles. The van der Waals surface area contributed by atoms with Crippen molar-refractivity contribution in [2.75, 3.05) is 5.73 Å². The van der Waals surface area contributed by atoms with Crippen LogP contribution in [0, 0.1) is 6.92 Å². The fourth-order valence-electron chi connectivity index (χ4n) is 1.37. The van der Waals surface area contributed by atoms with E-state index in [0.29, 0.717) is 27.4 Å². The van der Waals surface area contributed by atoms with Crippen LogP contribution in [0.15, 0.2) is 28.9 Å². The summed E-state index contributed by atoms with van der Waals surface area (Å²) in [4.78, 5) is 4.17. The lowest BCUT2D eigenvalue weighted by molar-refractivity contribution is 0.461. The molecule has 0 spiro atoms. The number of benzene rings is 1. The van der Waals surface area contributed by atoms with E-state index >= 15 is 0 Å². The molecule has 0 radical (unpaired) electrons. The van der Waals surface area contributed by atoms with Crippen LogP contribution in [0.1, 0.15) is 5.56 Å². The third-order valence-corrected chi connectivity index (χ3v) is 3.41. The summed E-state index contributed by atoms with van der Waals surface area (Å²) in [6, 6.07) is 5.02. The minimum absolute atomic E-state index is 0.385. The Morgan fingerprint density at radius 1 is 1.22 bits per heavy atom. The largest absolute Gasteiger partial charge is 0.437 e. The predicted molar refractivity (Wildman–Crippen MR) is 77.6 cm³/mol. The molecule has 0 bridgehead atoms. The molecule has 1 aromatic heterocycles. The van der Waals surface area contributed by atoms with Gasteiger partial charge in [0, 0.05) is 22.3 Å². The van der Waals surface area contributed by atoms with Crippen molar-refractivity contribution in [3.8, 4) is 11.6 Å². The Labute approximate surface area is 123 Å². The number of hydrogen-bond acceptors (Lipinski definition) is 3. The summed E-state index contributed by atoms with van der Waals surface area (Å²) in [6.07, 6.45) is 1.65. The third-order valence-electron chi connectivity index (χ3n) is 2.26. The lowest BCUT2D eigenvalue weighted by Gasteiger charge is -2.10. The van der Waals surface area contributed by atoms with Crippen LogP contribution in [0.4, 0.5) is 5.69 Å². The molecule has 18 heavy (non-hydrogen) atoms. The third kappa shape index (κ3) is 2.88. The molecule has 0 aliphatic carbocycles. The molecular formula is C12H9BrCl2N2O. The van der Waals surface area contributed by atoms with Crippen molar-refractivity contribution in [3.05, 3.63) is 44.5 Å². The predicted octanol–water partition coefficient (Wildman–Crippen LogP) is 4.83. The van der Waals surface area contributed by atoms with Gasteiger partial charge in [-0.2, -0.15) is 0 Å². The number of nitrogens with zero attached hydrogens (tertiary/aromatic N) is 1. The highest BCUT2D eigenvalue weighted by Gasteiger charge is 2.09. The number of aromatic nitrogens is 1. The van der Waals surface area contributed by atoms with Crippen molar-refractivity contribution < 1.29 is 4.74 Å². The summed E-state index contributed by atoms with van der Waals surface area (Å²) in [5, 5.41) is 0.776. The molecular weight excluding hydrogens is 339 g/mol. The van der Waals surface area contributed by atoms with Gasteiger partial charge in [0.1, 0.15) is 0 Å². The van der Waals surface area contributed by atoms with Gasteiger partial charge >= 0.3 is 0 Å². The first-order valence-electron chi connectivity index (χ1n) is 5.02. The highest BCUT2D eigenvalue weighted by molar-refractivity contribution is 9.10. The van der Waals surface area contributed by atoms with E-state index in [-0.39, 0.29) is 0 Å². The number of hydrogen-bond donors (Lipinski definition) is 1. The summed E-state index contributed by atoms with van der Waals surface area (Å²) in [5.74, 6) is 0.908. The number of halogens is 3. The van der Waals surface area contributed by atoms with Crippen molar-refractivity contribution in [2.24, 2.45) is 0 Å². The molecule has 1 heterocycles. The van der Waals surface area contributed by atoms with E-state index in [1.807, 2.05) is 13.0 Å². The zero-order chi connectivity index (χ0) is 13.3. The van der Waals surface area contributed by atoms with E-state index in [1.165, 1.54) is 0 Å². The van der Waals surface area contributed by atoms with Crippen LogP contribution >= 0.6 is 39.1 Å². The van der Waals surface area contributed by atoms with E-state index < -0.39 is 0 Å². The van der Waals surface area contributed by atoms with Gasteiger partial charge in [-0.15, -0.1) is 0 Å². The van der Waals surface area contributed by atoms with Gasteiger partial charge in [-0.25, -0.2) is 4.98 Å². The number of pyridine rings is 1. The van der Waals surface area contributed by atoms with Gasteiger partial charge in [-0.1, -0.05) is 23.2 Å². The average Bonchev–Trinajstić information content (AvgIpc) is 2.29. The highest BCUT2D eigenvalue weighted by atomic mass is 79.9. The molecule has 0 fully saturated rings. The molecule has 2 N–H and O–H groups in total. The molecule has 0 saturated heterocycles. The van der Waals surface area contributed by atoms with Crippen molar-refractivity contribution in [3.63, 3.8) is 0 Å². The van der Waals surface area contributed by atoms with Crippen LogP contribution in [0.5, 0.6) is 11.6 Å². The summed E-state index contributed by atoms with van der Waals surface area (Å²) in [5.41, 5.74) is 7.11. The van der Waals surface area contributed by atoms with E-state index in [9.17, 15) is 0 Å². The van der Waals surface area contributed by atoms with Crippen molar-refractivity contribution >= 4 is 44.8 Å². The van der Waals surface area contributed by atoms with E-state index in [4.69, 9.17) is 33.7 Å². The normalized spacial score (nSPS) is 10.4. The zero-order valence-corrected chi connectivity index (χ0v) is 12.5. The van der Waals surface area contributed by atoms with Crippen LogP contribution in [-0.4, -0.2) is 4.98 Å². The lowest BCUT2D eigenvalue weighted by Crippen LogP contribution is -1.95. The average molecular weight is 348 g/mol. The Bertz CT molecular complexity index is 605. The molecule has 0 unspecified atom stereocenters. The monoisotopic (exact) mass is 346 g/mol. The van der Waals surface area contributed by atoms with Crippen molar-refractivity contribution in [1.29, 1.82) is 0 Å². The fraction of sp³-hybridized carbons (Fsp3) is 0.0833. The SMILES string of the molecule is Cc1cc(Br)cnc1Oc1cc(Cl)c(Cl)cc1N. The standard InChI is InChI=1S/C12H9BrCl2N2O/c1-6-2-7(13)5-17-12(6)18-11-4-9(15)8(14)3-10(11)16/h2-5H,16H2,1H3. The van der Waals surface area contributed by atoms with Gasteiger partial charge < -0.3 is 10.5 Å². The molecule has 0 aliphatic rings. The fourth-order valence-corrected chi connectivity index (χ4v) is 2.14. The molecule has 2 rings (SSSR count). The maximum atomic E-state index is 5.92. The molecule has 0 amide bonds. The summed E-state index contributed by atoms with van der Waals surface area (Å²) in [6.45, 7) is 1.89. The van der Waals surface area contributed by atoms with Gasteiger partial charge in [0.25, 0.3) is 0 Å². The smallest absolute Gasteiger partial charge is 0.222 e. The molecule has 94 valence electrons. The second-order valence-electron chi connectivity index (χ2n) is 3.68. The maximum absolute atomic E-state index is 5.92. The molecule has 6 heteroatoms.